The second-order valence-electron chi connectivity index (χ2n) is 8.57. The molecule has 5 nitrogen and oxygen atoms in total. The van der Waals surface area contributed by atoms with Gasteiger partial charge in [0.05, 0.1) is 11.2 Å². The molecule has 1 aliphatic heterocycles. The van der Waals surface area contributed by atoms with Crippen molar-refractivity contribution >= 4 is 28.9 Å². The van der Waals surface area contributed by atoms with E-state index in [2.05, 4.69) is 38.7 Å². The lowest BCUT2D eigenvalue weighted by atomic mass is 9.86. The van der Waals surface area contributed by atoms with E-state index in [9.17, 15) is 4.39 Å². The zero-order valence-corrected chi connectivity index (χ0v) is 20.5. The molecular weight excluding hydrogens is 433 g/mol. The van der Waals surface area contributed by atoms with E-state index in [1.54, 1.807) is 18.2 Å². The highest BCUT2D eigenvalue weighted by Gasteiger charge is 2.25. The van der Waals surface area contributed by atoms with Gasteiger partial charge in [0.2, 0.25) is 0 Å². The van der Waals surface area contributed by atoms with Crippen molar-refractivity contribution in [3.8, 4) is 0 Å². The van der Waals surface area contributed by atoms with E-state index in [0.717, 1.165) is 37.0 Å². The SMILES string of the molecule is C=C/C=C(\C(=C)F)c1ccc2[nH]c(C3CCC(NSN4CCCCC4)CC3)nc2n1.C=CC. The molecule has 0 aromatic carbocycles. The molecule has 4 rings (SSSR count). The predicted octanol–water partition coefficient (Wildman–Crippen LogP) is 6.87. The maximum atomic E-state index is 13.8. The first-order valence-electron chi connectivity index (χ1n) is 11.8. The molecule has 3 heterocycles. The molecule has 2 fully saturated rings. The average molecular weight is 470 g/mol. The zero-order chi connectivity index (χ0) is 23.6. The van der Waals surface area contributed by atoms with E-state index in [1.807, 2.05) is 25.1 Å². The summed E-state index contributed by atoms with van der Waals surface area (Å²) in [6, 6.07) is 4.27. The molecule has 0 spiro atoms. The number of halogens is 1. The van der Waals surface area contributed by atoms with Gasteiger partial charge < -0.3 is 4.98 Å². The summed E-state index contributed by atoms with van der Waals surface area (Å²) < 4.78 is 19.9. The number of rotatable bonds is 7. The summed E-state index contributed by atoms with van der Waals surface area (Å²) in [5, 5.41) is 0. The lowest BCUT2D eigenvalue weighted by Crippen LogP contribution is -2.34. The molecule has 1 saturated heterocycles. The molecule has 0 radical (unpaired) electrons. The van der Waals surface area contributed by atoms with Gasteiger partial charge in [-0.25, -0.2) is 23.4 Å². The van der Waals surface area contributed by atoms with Crippen molar-refractivity contribution in [1.29, 1.82) is 0 Å². The summed E-state index contributed by atoms with van der Waals surface area (Å²) in [5.74, 6) is 0.885. The van der Waals surface area contributed by atoms with Gasteiger partial charge in [-0.15, -0.1) is 6.58 Å². The molecular formula is C26H36FN5S. The fourth-order valence-electron chi connectivity index (χ4n) is 4.28. The van der Waals surface area contributed by atoms with Gasteiger partial charge in [-0.05, 0) is 57.6 Å². The molecule has 1 aliphatic carbocycles. The predicted molar refractivity (Wildman–Crippen MR) is 139 cm³/mol. The lowest BCUT2D eigenvalue weighted by molar-refractivity contribution is 0.355. The van der Waals surface area contributed by atoms with Crippen LogP contribution in [0.5, 0.6) is 0 Å². The Morgan fingerprint density at radius 2 is 1.85 bits per heavy atom. The van der Waals surface area contributed by atoms with Crippen LogP contribution < -0.4 is 4.72 Å². The third kappa shape index (κ3) is 7.13. The Morgan fingerprint density at radius 3 is 2.48 bits per heavy atom. The van der Waals surface area contributed by atoms with Crippen molar-refractivity contribution in [2.45, 2.75) is 63.8 Å². The summed E-state index contributed by atoms with van der Waals surface area (Å²) in [5.41, 5.74) is 2.38. The van der Waals surface area contributed by atoms with Crippen LogP contribution in [0.2, 0.25) is 0 Å². The van der Waals surface area contributed by atoms with Gasteiger partial charge in [0.15, 0.2) is 5.65 Å². The highest BCUT2D eigenvalue weighted by Crippen LogP contribution is 2.33. The van der Waals surface area contributed by atoms with Gasteiger partial charge in [0, 0.05) is 42.8 Å². The Labute approximate surface area is 201 Å². The second kappa shape index (κ2) is 12.9. The topological polar surface area (TPSA) is 56.8 Å². The van der Waals surface area contributed by atoms with Gasteiger partial charge in [-0.3, -0.25) is 0 Å². The largest absolute Gasteiger partial charge is 0.340 e. The van der Waals surface area contributed by atoms with Crippen LogP contribution >= 0.6 is 12.1 Å². The molecule has 1 saturated carbocycles. The number of aromatic nitrogens is 3. The monoisotopic (exact) mass is 469 g/mol. The Balaban J connectivity index is 0.000000968. The number of allylic oxidation sites excluding steroid dienone is 5. The van der Waals surface area contributed by atoms with E-state index < -0.39 is 5.83 Å². The van der Waals surface area contributed by atoms with Crippen molar-refractivity contribution in [2.24, 2.45) is 0 Å². The minimum Gasteiger partial charge on any atom is -0.340 e. The molecule has 33 heavy (non-hydrogen) atoms. The van der Waals surface area contributed by atoms with Gasteiger partial charge in [-0.1, -0.05) is 37.8 Å². The van der Waals surface area contributed by atoms with E-state index in [0.29, 0.717) is 28.9 Å². The lowest BCUT2D eigenvalue weighted by Gasteiger charge is -2.31. The fourth-order valence-corrected chi connectivity index (χ4v) is 5.25. The van der Waals surface area contributed by atoms with E-state index in [1.165, 1.54) is 38.4 Å². The van der Waals surface area contributed by atoms with Crippen molar-refractivity contribution in [1.82, 2.24) is 24.0 Å². The maximum absolute atomic E-state index is 13.8. The average Bonchev–Trinajstić information content (AvgIpc) is 3.26. The number of nitrogens with zero attached hydrogens (tertiary/aromatic N) is 3. The van der Waals surface area contributed by atoms with E-state index >= 15 is 0 Å². The number of fused-ring (bicyclic) bond motifs is 1. The molecule has 7 heteroatoms. The molecule has 0 bridgehead atoms. The third-order valence-electron chi connectivity index (χ3n) is 5.99. The number of aromatic amines is 1. The molecule has 2 aromatic rings. The van der Waals surface area contributed by atoms with Crippen LogP contribution in [0.15, 0.2) is 55.9 Å². The van der Waals surface area contributed by atoms with Gasteiger partial charge >= 0.3 is 0 Å². The number of hydrogen-bond acceptors (Lipinski definition) is 5. The van der Waals surface area contributed by atoms with Crippen molar-refractivity contribution < 1.29 is 4.39 Å². The van der Waals surface area contributed by atoms with Crippen molar-refractivity contribution in [3.05, 3.63) is 67.4 Å². The van der Waals surface area contributed by atoms with Gasteiger partial charge in [0.1, 0.15) is 11.7 Å². The first kappa shape index (κ1) is 25.4. The number of H-pyrrole nitrogens is 1. The Morgan fingerprint density at radius 1 is 1.15 bits per heavy atom. The van der Waals surface area contributed by atoms with Crippen LogP contribution in [0.4, 0.5) is 4.39 Å². The first-order chi connectivity index (χ1) is 16.0. The van der Waals surface area contributed by atoms with Crippen LogP contribution in [0, 0.1) is 0 Å². The quantitative estimate of drug-likeness (QED) is 0.263. The van der Waals surface area contributed by atoms with Crippen LogP contribution in [-0.2, 0) is 0 Å². The Hall–Kier alpha value is -2.22. The van der Waals surface area contributed by atoms with Gasteiger partial charge in [-0.2, -0.15) is 0 Å². The normalized spacial score (nSPS) is 21.8. The Bertz CT molecular complexity index is 968. The van der Waals surface area contributed by atoms with Crippen LogP contribution in [0.25, 0.3) is 16.7 Å². The molecule has 0 amide bonds. The Kier molecular flexibility index (Phi) is 9.91. The summed E-state index contributed by atoms with van der Waals surface area (Å²) in [7, 11) is 0. The van der Waals surface area contributed by atoms with Crippen molar-refractivity contribution in [2.75, 3.05) is 13.1 Å². The number of pyridine rings is 1. The van der Waals surface area contributed by atoms with E-state index in [-0.39, 0.29) is 0 Å². The molecule has 2 aromatic heterocycles. The third-order valence-corrected chi connectivity index (χ3v) is 7.06. The van der Waals surface area contributed by atoms with E-state index in [4.69, 9.17) is 4.98 Å². The van der Waals surface area contributed by atoms with Crippen LogP contribution in [-0.4, -0.2) is 38.4 Å². The molecule has 0 unspecified atom stereocenters. The smallest absolute Gasteiger partial charge is 0.178 e. The fraction of sp³-hybridized carbons (Fsp3) is 0.462. The first-order valence-corrected chi connectivity index (χ1v) is 12.6. The van der Waals surface area contributed by atoms with Crippen LogP contribution in [0.1, 0.15) is 69.3 Å². The highest BCUT2D eigenvalue weighted by molar-refractivity contribution is 7.95. The summed E-state index contributed by atoms with van der Waals surface area (Å²) in [6.07, 6.45) is 13.4. The van der Waals surface area contributed by atoms with Crippen LogP contribution in [0.3, 0.4) is 0 Å². The van der Waals surface area contributed by atoms with Crippen molar-refractivity contribution in [3.63, 3.8) is 0 Å². The highest BCUT2D eigenvalue weighted by atomic mass is 32.2. The molecule has 0 atom stereocenters. The number of piperidine rings is 1. The maximum Gasteiger partial charge on any atom is 0.178 e. The molecule has 178 valence electrons. The number of hydrogen-bond donors (Lipinski definition) is 2. The second-order valence-corrected chi connectivity index (χ2v) is 9.50. The zero-order valence-electron chi connectivity index (χ0n) is 19.7. The summed E-state index contributed by atoms with van der Waals surface area (Å²) in [4.78, 5) is 12.7. The number of nitrogens with one attached hydrogen (secondary N) is 2. The van der Waals surface area contributed by atoms with Gasteiger partial charge in [0.25, 0.3) is 0 Å². The standard InChI is InChI=1S/C23H30FN5S.C3H6/c1-3-7-19(16(2)24)20-12-13-21-23(25-20)27-22(26-21)17-8-10-18(11-9-17)28-30-29-14-5-4-6-15-29;1-3-2/h3,7,12-13,17-18,28H,1-2,4-6,8-11,14-15H2,(H,25,26,27);3H,1H2,2H3/b19-7+;. The number of imidazole rings is 1. The summed E-state index contributed by atoms with van der Waals surface area (Å²) in [6.45, 7) is 14.7. The minimum atomic E-state index is -0.522. The minimum absolute atomic E-state index is 0.342. The molecule has 2 aliphatic rings. The summed E-state index contributed by atoms with van der Waals surface area (Å²) >= 11 is 1.82. The molecule has 2 N–H and O–H groups in total.